The number of H-pyrrole nitrogens is 4. The molecule has 24 heteroatoms. The SMILES string of the molecule is COC(=O)CCc1c2[nH]c(c1CC(=O)OC)C(Br)=c1[nH]c(c(CC(=O)OC)c1CCC(=O)OC)=C(Br)c1[nH]c(c(CCOC(C)=O)c1CC(=O)OC)C(Br)=c1[nH]c(c(CC(=O)OC)c1CCC(=O)OC)=C2Br. The fraction of sp³-hybridized carbons (Fsp3) is 0.417. The van der Waals surface area contributed by atoms with E-state index >= 15 is 0 Å². The van der Waals surface area contributed by atoms with Crippen LogP contribution in [-0.2, 0) is 128 Å². The molecule has 388 valence electrons. The second-order valence-corrected chi connectivity index (χ2v) is 19.1. The van der Waals surface area contributed by atoms with Crippen LogP contribution in [0, 0.1) is 0 Å². The summed E-state index contributed by atoms with van der Waals surface area (Å²) in [7, 11) is 8.66. The van der Waals surface area contributed by atoms with E-state index in [2.05, 4.69) is 83.7 Å². The predicted octanol–water partition coefficient (Wildman–Crippen LogP) is 2.80. The first-order valence-electron chi connectivity index (χ1n) is 22.0. The number of aromatic nitrogens is 4. The van der Waals surface area contributed by atoms with Crippen LogP contribution >= 0.6 is 63.7 Å². The van der Waals surface area contributed by atoms with Gasteiger partial charge in [-0.25, -0.2) is 0 Å². The van der Waals surface area contributed by atoms with Crippen molar-refractivity contribution in [2.75, 3.05) is 56.4 Å². The molecule has 5 rings (SSSR count). The molecule has 0 saturated carbocycles. The summed E-state index contributed by atoms with van der Waals surface area (Å²) < 4.78 is 42.5. The Bertz CT molecular complexity index is 3090. The smallest absolute Gasteiger partial charge is 0.310 e. The molecule has 4 aromatic rings. The van der Waals surface area contributed by atoms with Gasteiger partial charge in [0.1, 0.15) is 0 Å². The molecule has 0 aromatic carbocycles. The summed E-state index contributed by atoms with van der Waals surface area (Å²) in [5, 5.41) is 1.28. The number of ether oxygens (including phenoxy) is 8. The predicted molar refractivity (Wildman–Crippen MR) is 272 cm³/mol. The summed E-state index contributed by atoms with van der Waals surface area (Å²) in [6, 6.07) is 0. The molecule has 0 saturated heterocycles. The maximum atomic E-state index is 13.5. The lowest BCUT2D eigenvalue weighted by molar-refractivity contribution is -0.141. The van der Waals surface area contributed by atoms with Crippen LogP contribution in [0.15, 0.2) is 0 Å². The van der Waals surface area contributed by atoms with E-state index in [0.717, 1.165) is 0 Å². The van der Waals surface area contributed by atoms with Crippen molar-refractivity contribution in [3.05, 3.63) is 88.7 Å². The number of fused-ring (bicyclic) bond motifs is 8. The van der Waals surface area contributed by atoms with E-state index in [1.54, 1.807) is 0 Å². The molecule has 0 unspecified atom stereocenters. The molecule has 0 fully saturated rings. The van der Waals surface area contributed by atoms with Crippen molar-refractivity contribution < 1.29 is 76.3 Å². The number of rotatable bonds is 20. The summed E-state index contributed by atoms with van der Waals surface area (Å²) >= 11 is 15.4. The van der Waals surface area contributed by atoms with E-state index in [1.807, 2.05) is 0 Å². The van der Waals surface area contributed by atoms with E-state index in [0.29, 0.717) is 97.6 Å². The van der Waals surface area contributed by atoms with Crippen molar-refractivity contribution in [1.82, 2.24) is 19.9 Å². The minimum Gasteiger partial charge on any atom is -0.469 e. The third kappa shape index (κ3) is 12.9. The van der Waals surface area contributed by atoms with Gasteiger partial charge in [0.2, 0.25) is 0 Å². The number of nitrogens with one attached hydrogen (secondary N) is 4. The summed E-state index contributed by atoms with van der Waals surface area (Å²) in [5.41, 5.74) is 4.62. The van der Waals surface area contributed by atoms with Gasteiger partial charge in [0.25, 0.3) is 0 Å². The van der Waals surface area contributed by atoms with Gasteiger partial charge < -0.3 is 57.8 Å². The molecule has 20 nitrogen and oxygen atoms in total. The standard InChI is InChI=1S/C48H52Br4N4O16/c1-21(57)72-16-15-25-29(20-36(64)71-8)48-40(52)47-28(19-35(63)70-7)24(11-14-32(60)67-4)43(55-47)39(51)46-27(18-34(62)69-6)23(10-13-31(59)66-3)42(54-46)38(50)45-26(17-33(61)68-5)22(9-12-30(58)65-2)41(53-45)37(49)44(25)56-48/h53-56H,9-20H2,1-8H3. The van der Waals surface area contributed by atoms with Crippen molar-refractivity contribution in [3.8, 4) is 0 Å². The molecule has 1 aliphatic heterocycles. The van der Waals surface area contributed by atoms with Crippen LogP contribution in [0.3, 0.4) is 0 Å². The van der Waals surface area contributed by atoms with Crippen LogP contribution in [0.5, 0.6) is 0 Å². The number of aromatic amines is 4. The monoisotopic (exact) mass is 1260 g/mol. The Hall–Kier alpha value is -5.72. The average molecular weight is 1260 g/mol. The van der Waals surface area contributed by atoms with Gasteiger partial charge in [0.05, 0.1) is 144 Å². The number of methoxy groups -OCH3 is 7. The van der Waals surface area contributed by atoms with Gasteiger partial charge in [0, 0.05) is 32.6 Å². The molecule has 8 bridgehead atoms. The van der Waals surface area contributed by atoms with Crippen LogP contribution in [-0.4, -0.2) is 124 Å². The quantitative estimate of drug-likeness (QED) is 0.0732. The number of hydrogen-bond donors (Lipinski definition) is 4. The first kappa shape index (κ1) is 57.2. The highest BCUT2D eigenvalue weighted by molar-refractivity contribution is 9.15. The Morgan fingerprint density at radius 2 is 0.611 bits per heavy atom. The zero-order valence-electron chi connectivity index (χ0n) is 40.5. The van der Waals surface area contributed by atoms with E-state index in [-0.39, 0.29) is 86.2 Å². The van der Waals surface area contributed by atoms with Crippen molar-refractivity contribution in [2.24, 2.45) is 0 Å². The second kappa shape index (κ2) is 25.8. The maximum absolute atomic E-state index is 13.5. The summed E-state index contributed by atoms with van der Waals surface area (Å²) in [5.74, 6) is -4.81. The molecule has 0 spiro atoms. The lowest BCUT2D eigenvalue weighted by Crippen LogP contribution is -2.19. The molecule has 0 aliphatic carbocycles. The molecule has 5 heterocycles. The number of carbonyl (C=O) groups is 8. The van der Waals surface area contributed by atoms with Crippen molar-refractivity contribution >= 4 is 129 Å². The molecule has 0 atom stereocenters. The maximum Gasteiger partial charge on any atom is 0.310 e. The third-order valence-electron chi connectivity index (χ3n) is 11.9. The Balaban J connectivity index is 2.24. The molecular weight excluding hydrogens is 1210 g/mol. The number of carbonyl (C=O) groups excluding carboxylic acids is 8. The fourth-order valence-corrected chi connectivity index (χ4v) is 11.1. The highest BCUT2D eigenvalue weighted by Gasteiger charge is 2.31. The Morgan fingerprint density at radius 1 is 0.347 bits per heavy atom. The molecule has 4 N–H and O–H groups in total. The van der Waals surface area contributed by atoms with Crippen LogP contribution in [0.1, 0.15) is 93.5 Å². The van der Waals surface area contributed by atoms with E-state index in [4.69, 9.17) is 37.9 Å². The van der Waals surface area contributed by atoms with Crippen LogP contribution in [0.25, 0.3) is 17.9 Å². The zero-order valence-corrected chi connectivity index (χ0v) is 46.9. The van der Waals surface area contributed by atoms with Crippen LogP contribution < -0.4 is 21.4 Å². The van der Waals surface area contributed by atoms with Crippen molar-refractivity contribution in [1.29, 1.82) is 0 Å². The van der Waals surface area contributed by atoms with Gasteiger partial charge in [-0.05, 0) is 127 Å². The average Bonchev–Trinajstić information content (AvgIpc) is 4.13. The Labute approximate surface area is 445 Å². The number of esters is 8. The lowest BCUT2D eigenvalue weighted by Gasteiger charge is -2.10. The Kier molecular flexibility index (Phi) is 20.5. The van der Waals surface area contributed by atoms with Gasteiger partial charge in [0.15, 0.2) is 0 Å². The van der Waals surface area contributed by atoms with Crippen LogP contribution in [0.2, 0.25) is 0 Å². The molecule has 72 heavy (non-hydrogen) atoms. The first-order valence-corrected chi connectivity index (χ1v) is 25.1. The lowest BCUT2D eigenvalue weighted by atomic mass is 9.98. The topological polar surface area (TPSA) is 274 Å². The second-order valence-electron chi connectivity index (χ2n) is 15.9. The molecular formula is C48H52Br4N4O16. The third-order valence-corrected chi connectivity index (χ3v) is 15.1. The van der Waals surface area contributed by atoms with Gasteiger partial charge >= 0.3 is 47.8 Å². The van der Waals surface area contributed by atoms with E-state index in [1.165, 1.54) is 56.7 Å². The Morgan fingerprint density at radius 3 is 0.917 bits per heavy atom. The molecule has 4 aromatic heterocycles. The van der Waals surface area contributed by atoms with Crippen molar-refractivity contribution in [3.63, 3.8) is 0 Å². The summed E-state index contributed by atoms with van der Waals surface area (Å²) in [6.07, 6.45) is -1.73. The molecule has 1 aliphatic rings. The molecule has 0 radical (unpaired) electrons. The van der Waals surface area contributed by atoms with E-state index < -0.39 is 47.8 Å². The van der Waals surface area contributed by atoms with Crippen molar-refractivity contribution in [2.45, 2.75) is 77.6 Å². The summed E-state index contributed by atoms with van der Waals surface area (Å²) in [4.78, 5) is 119. The van der Waals surface area contributed by atoms with E-state index in [9.17, 15) is 38.4 Å². The zero-order chi connectivity index (χ0) is 53.1. The molecule has 0 amide bonds. The fourth-order valence-electron chi connectivity index (χ4n) is 8.34. The van der Waals surface area contributed by atoms with Gasteiger partial charge in [-0.15, -0.1) is 0 Å². The minimum absolute atomic E-state index is 0.000707. The summed E-state index contributed by atoms with van der Waals surface area (Å²) in [6.45, 7) is 1.12. The highest BCUT2D eigenvalue weighted by atomic mass is 79.9. The minimum atomic E-state index is -0.648. The largest absolute Gasteiger partial charge is 0.469 e. The van der Waals surface area contributed by atoms with Crippen LogP contribution in [0.4, 0.5) is 0 Å². The first-order chi connectivity index (χ1) is 34.3. The van der Waals surface area contributed by atoms with Gasteiger partial charge in [-0.3, -0.25) is 38.4 Å². The number of halogens is 4. The number of hydrogen-bond acceptors (Lipinski definition) is 16. The normalized spacial score (nSPS) is 12.1. The van der Waals surface area contributed by atoms with Gasteiger partial charge in [-0.1, -0.05) is 0 Å². The van der Waals surface area contributed by atoms with Gasteiger partial charge in [-0.2, -0.15) is 0 Å². The highest BCUT2D eigenvalue weighted by Crippen LogP contribution is 2.37.